The molecular formula is C42H34O. The number of hydrogen-bond donors (Lipinski definition) is 0. The fourth-order valence-corrected chi connectivity index (χ4v) is 7.64. The molecule has 43 heavy (non-hydrogen) atoms. The lowest BCUT2D eigenvalue weighted by Gasteiger charge is -2.28. The van der Waals surface area contributed by atoms with Crippen molar-refractivity contribution < 1.29 is 4.74 Å². The molecule has 0 unspecified atom stereocenters. The number of ether oxygens (including phenoxy) is 1. The van der Waals surface area contributed by atoms with Crippen molar-refractivity contribution in [1.82, 2.24) is 0 Å². The molecular weight excluding hydrogens is 520 g/mol. The fraction of sp³-hybridized carbons (Fsp3) is 0.143. The zero-order valence-electron chi connectivity index (χ0n) is 25.2. The lowest BCUT2D eigenvalue weighted by Crippen LogP contribution is -2.15. The minimum Gasteiger partial charge on any atom is -0.496 e. The Morgan fingerprint density at radius 1 is 0.488 bits per heavy atom. The Bertz CT molecular complexity index is 2230. The third-order valence-corrected chi connectivity index (χ3v) is 9.28. The molecule has 0 atom stereocenters. The Morgan fingerprint density at radius 2 is 1.07 bits per heavy atom. The van der Waals surface area contributed by atoms with Gasteiger partial charge in [-0.1, -0.05) is 136 Å². The summed E-state index contributed by atoms with van der Waals surface area (Å²) in [6.07, 6.45) is 0.955. The average molecular weight is 555 g/mol. The van der Waals surface area contributed by atoms with Gasteiger partial charge in [-0.3, -0.25) is 0 Å². The lowest BCUT2D eigenvalue weighted by molar-refractivity contribution is 0.417. The van der Waals surface area contributed by atoms with E-state index in [2.05, 4.69) is 142 Å². The van der Waals surface area contributed by atoms with Crippen LogP contribution in [0.5, 0.6) is 5.75 Å². The molecule has 8 rings (SSSR count). The molecule has 0 aliphatic heterocycles. The van der Waals surface area contributed by atoms with Crippen LogP contribution in [0.4, 0.5) is 0 Å². The largest absolute Gasteiger partial charge is 0.496 e. The topological polar surface area (TPSA) is 9.23 Å². The summed E-state index contributed by atoms with van der Waals surface area (Å²) in [6, 6.07) is 44.5. The highest BCUT2D eigenvalue weighted by atomic mass is 16.5. The van der Waals surface area contributed by atoms with Gasteiger partial charge in [0.2, 0.25) is 0 Å². The van der Waals surface area contributed by atoms with Crippen molar-refractivity contribution in [2.24, 2.45) is 0 Å². The molecule has 7 aromatic rings. The Labute approximate surface area is 253 Å². The van der Waals surface area contributed by atoms with E-state index in [0.29, 0.717) is 0 Å². The van der Waals surface area contributed by atoms with E-state index in [4.69, 9.17) is 4.74 Å². The minimum absolute atomic E-state index is 0.00464. The van der Waals surface area contributed by atoms with E-state index in [9.17, 15) is 0 Å². The Kier molecular flexibility index (Phi) is 5.74. The molecule has 208 valence electrons. The number of fused-ring (bicyclic) bond motifs is 6. The predicted molar refractivity (Wildman–Crippen MR) is 183 cm³/mol. The maximum atomic E-state index is 6.15. The normalized spacial score (nSPS) is 12.6. The first-order chi connectivity index (χ1) is 21.0. The number of hydrogen-bond acceptors (Lipinski definition) is 1. The predicted octanol–water partition coefficient (Wildman–Crippen LogP) is 11.4. The van der Waals surface area contributed by atoms with Gasteiger partial charge < -0.3 is 4.74 Å². The van der Waals surface area contributed by atoms with Gasteiger partial charge in [-0.25, -0.2) is 0 Å². The highest BCUT2D eigenvalue weighted by Crippen LogP contribution is 2.54. The van der Waals surface area contributed by atoms with Crippen molar-refractivity contribution in [2.75, 3.05) is 7.11 Å². The van der Waals surface area contributed by atoms with E-state index >= 15 is 0 Å². The van der Waals surface area contributed by atoms with Crippen LogP contribution in [-0.2, 0) is 11.8 Å². The van der Waals surface area contributed by atoms with Gasteiger partial charge in [-0.05, 0) is 89.2 Å². The zero-order valence-corrected chi connectivity index (χ0v) is 25.2. The summed E-state index contributed by atoms with van der Waals surface area (Å²) in [6.45, 7) is 7.08. The molecule has 1 aliphatic rings. The van der Waals surface area contributed by atoms with Gasteiger partial charge in [-0.2, -0.15) is 0 Å². The van der Waals surface area contributed by atoms with Crippen LogP contribution in [0.25, 0.3) is 65.7 Å². The second kappa shape index (κ2) is 9.57. The van der Waals surface area contributed by atoms with E-state index in [1.165, 1.54) is 76.8 Å². The number of benzene rings is 7. The summed E-state index contributed by atoms with van der Waals surface area (Å²) >= 11 is 0. The molecule has 0 saturated heterocycles. The quantitative estimate of drug-likeness (QED) is 0.211. The van der Waals surface area contributed by atoms with Crippen molar-refractivity contribution in [3.8, 4) is 39.1 Å². The van der Waals surface area contributed by atoms with Gasteiger partial charge in [0.1, 0.15) is 5.75 Å². The van der Waals surface area contributed by atoms with Crippen LogP contribution in [-0.4, -0.2) is 7.11 Å². The van der Waals surface area contributed by atoms with Gasteiger partial charge in [0.05, 0.1) is 7.11 Å². The van der Waals surface area contributed by atoms with Gasteiger partial charge >= 0.3 is 0 Å². The summed E-state index contributed by atoms with van der Waals surface area (Å²) in [5.41, 5.74) is 12.0. The van der Waals surface area contributed by atoms with Crippen molar-refractivity contribution in [3.63, 3.8) is 0 Å². The van der Waals surface area contributed by atoms with Crippen LogP contribution in [0.15, 0.2) is 121 Å². The van der Waals surface area contributed by atoms with Gasteiger partial charge in [0.15, 0.2) is 0 Å². The summed E-state index contributed by atoms with van der Waals surface area (Å²) in [5.74, 6) is 0.893. The third-order valence-electron chi connectivity index (χ3n) is 9.28. The minimum atomic E-state index is -0.00464. The van der Waals surface area contributed by atoms with E-state index in [-0.39, 0.29) is 5.41 Å². The summed E-state index contributed by atoms with van der Waals surface area (Å²) in [5, 5.41) is 7.52. The second-order valence-corrected chi connectivity index (χ2v) is 12.8. The standard InChI is InChI=1S/C42H34O/c1-42(2,3)41-33-20-12-11-19-32(33)39(38-31-18-10-7-15-28(31)25-35(38)41)34-23-21-26-13-5-8-16-29(26)37(34)40-30-17-9-6-14-27(30)22-24-36(40)43-4/h5-24H,25H2,1-4H3. The molecule has 0 N–H and O–H groups in total. The third kappa shape index (κ3) is 3.85. The highest BCUT2D eigenvalue weighted by molar-refractivity contribution is 6.18. The summed E-state index contributed by atoms with van der Waals surface area (Å²) < 4.78 is 6.15. The van der Waals surface area contributed by atoms with Crippen LogP contribution >= 0.6 is 0 Å². The van der Waals surface area contributed by atoms with Crippen molar-refractivity contribution in [3.05, 3.63) is 138 Å². The molecule has 1 aliphatic carbocycles. The molecule has 0 bridgehead atoms. The smallest absolute Gasteiger partial charge is 0.127 e. The average Bonchev–Trinajstić information content (AvgIpc) is 3.40. The van der Waals surface area contributed by atoms with Gasteiger partial charge in [0, 0.05) is 11.1 Å². The second-order valence-electron chi connectivity index (χ2n) is 12.8. The molecule has 0 spiro atoms. The fourth-order valence-electron chi connectivity index (χ4n) is 7.64. The zero-order chi connectivity index (χ0) is 29.3. The van der Waals surface area contributed by atoms with Crippen LogP contribution in [0.3, 0.4) is 0 Å². The molecule has 1 heteroatoms. The first-order valence-electron chi connectivity index (χ1n) is 15.2. The van der Waals surface area contributed by atoms with Crippen LogP contribution < -0.4 is 4.74 Å². The first-order valence-corrected chi connectivity index (χ1v) is 15.2. The van der Waals surface area contributed by atoms with E-state index < -0.39 is 0 Å². The number of rotatable bonds is 3. The molecule has 0 saturated carbocycles. The van der Waals surface area contributed by atoms with Gasteiger partial charge in [0.25, 0.3) is 0 Å². The maximum absolute atomic E-state index is 6.15. The number of methoxy groups -OCH3 is 1. The molecule has 0 fully saturated rings. The Morgan fingerprint density at radius 3 is 1.77 bits per heavy atom. The van der Waals surface area contributed by atoms with Crippen LogP contribution in [0.2, 0.25) is 0 Å². The molecule has 1 nitrogen and oxygen atoms in total. The maximum Gasteiger partial charge on any atom is 0.127 e. The molecule has 0 amide bonds. The van der Waals surface area contributed by atoms with Crippen molar-refractivity contribution in [2.45, 2.75) is 32.6 Å². The molecule has 0 aromatic heterocycles. The van der Waals surface area contributed by atoms with E-state index in [0.717, 1.165) is 17.7 Å². The molecule has 0 heterocycles. The first kappa shape index (κ1) is 25.8. The Balaban J connectivity index is 1.62. The SMILES string of the molecule is COc1ccc2ccccc2c1-c1c(-c2c3c(c(C(C)(C)C)c4ccccc24)Cc2ccccc2-3)ccc2ccccc12. The Hall–Kier alpha value is -4.88. The van der Waals surface area contributed by atoms with Crippen LogP contribution in [0.1, 0.15) is 37.5 Å². The van der Waals surface area contributed by atoms with E-state index in [1.807, 2.05) is 0 Å². The highest BCUT2D eigenvalue weighted by Gasteiger charge is 2.33. The lowest BCUT2D eigenvalue weighted by atomic mass is 9.75. The molecule has 0 radical (unpaired) electrons. The van der Waals surface area contributed by atoms with Gasteiger partial charge in [-0.15, -0.1) is 0 Å². The van der Waals surface area contributed by atoms with Crippen LogP contribution in [0, 0.1) is 0 Å². The van der Waals surface area contributed by atoms with E-state index in [1.54, 1.807) is 7.11 Å². The summed E-state index contributed by atoms with van der Waals surface area (Å²) in [4.78, 5) is 0. The summed E-state index contributed by atoms with van der Waals surface area (Å²) in [7, 11) is 1.79. The van der Waals surface area contributed by atoms with Crippen molar-refractivity contribution >= 4 is 32.3 Å². The molecule has 7 aromatic carbocycles. The monoisotopic (exact) mass is 554 g/mol. The van der Waals surface area contributed by atoms with Crippen molar-refractivity contribution in [1.29, 1.82) is 0 Å².